The van der Waals surface area contributed by atoms with Crippen molar-refractivity contribution in [2.75, 3.05) is 7.05 Å². The number of hydrogen-bond acceptors (Lipinski definition) is 2. The second kappa shape index (κ2) is 3.73. The van der Waals surface area contributed by atoms with E-state index in [9.17, 15) is 0 Å². The third-order valence-corrected chi connectivity index (χ3v) is 3.05. The normalized spacial score (nSPS) is 20.9. The molecular formula is C11H19N3. The van der Waals surface area contributed by atoms with Crippen LogP contribution in [0, 0.1) is 12.8 Å². The molecule has 1 aliphatic heterocycles. The zero-order valence-electron chi connectivity index (χ0n) is 9.30. The van der Waals surface area contributed by atoms with E-state index in [2.05, 4.69) is 28.7 Å². The Morgan fingerprint density at radius 2 is 2.36 bits per heavy atom. The maximum atomic E-state index is 4.62. The number of hydrogen-bond donors (Lipinski definition) is 1. The number of aromatic nitrogens is 2. The second-order valence-corrected chi connectivity index (χ2v) is 4.34. The van der Waals surface area contributed by atoms with E-state index in [-0.39, 0.29) is 0 Å². The van der Waals surface area contributed by atoms with Crippen molar-refractivity contribution in [1.29, 1.82) is 0 Å². The average molecular weight is 193 g/mol. The lowest BCUT2D eigenvalue weighted by Gasteiger charge is -2.22. The predicted octanol–water partition coefficient (Wildman–Crippen LogP) is 1.49. The Morgan fingerprint density at radius 1 is 1.57 bits per heavy atom. The first-order valence-electron chi connectivity index (χ1n) is 5.42. The van der Waals surface area contributed by atoms with Gasteiger partial charge in [0.2, 0.25) is 0 Å². The zero-order valence-corrected chi connectivity index (χ0v) is 9.30. The molecule has 78 valence electrons. The summed E-state index contributed by atoms with van der Waals surface area (Å²) in [4.78, 5) is 4.62. The van der Waals surface area contributed by atoms with Crippen molar-refractivity contribution < 1.29 is 0 Å². The van der Waals surface area contributed by atoms with E-state index in [1.807, 2.05) is 7.05 Å². The second-order valence-electron chi connectivity index (χ2n) is 4.34. The molecule has 14 heavy (non-hydrogen) atoms. The van der Waals surface area contributed by atoms with Crippen LogP contribution in [0.5, 0.6) is 0 Å². The third kappa shape index (κ3) is 1.57. The minimum atomic E-state index is 0.798. The molecule has 1 unspecified atom stereocenters. The SMILES string of the molecule is CNCc1nc(C)c2n1CC(C)CC2. The molecule has 0 radical (unpaired) electrons. The van der Waals surface area contributed by atoms with Gasteiger partial charge >= 0.3 is 0 Å². The van der Waals surface area contributed by atoms with Crippen molar-refractivity contribution in [2.45, 2.75) is 39.8 Å². The number of imidazole rings is 1. The van der Waals surface area contributed by atoms with E-state index in [0.717, 1.165) is 19.0 Å². The standard InChI is InChI=1S/C11H19N3/c1-8-4-5-10-9(2)13-11(6-12-3)14(10)7-8/h8,12H,4-7H2,1-3H3. The first-order chi connectivity index (χ1) is 6.72. The van der Waals surface area contributed by atoms with Crippen molar-refractivity contribution in [2.24, 2.45) is 5.92 Å². The lowest BCUT2D eigenvalue weighted by atomic mass is 9.99. The Kier molecular flexibility index (Phi) is 2.59. The molecule has 3 heteroatoms. The van der Waals surface area contributed by atoms with E-state index < -0.39 is 0 Å². The highest BCUT2D eigenvalue weighted by atomic mass is 15.1. The molecule has 0 saturated carbocycles. The Balaban J connectivity index is 2.34. The highest BCUT2D eigenvalue weighted by Gasteiger charge is 2.20. The van der Waals surface area contributed by atoms with Gasteiger partial charge in [-0.2, -0.15) is 0 Å². The molecule has 1 atom stereocenters. The summed E-state index contributed by atoms with van der Waals surface area (Å²) in [6.07, 6.45) is 2.51. The Labute approximate surface area is 85.5 Å². The summed E-state index contributed by atoms with van der Waals surface area (Å²) in [5.74, 6) is 2.00. The highest BCUT2D eigenvalue weighted by Crippen LogP contribution is 2.23. The minimum absolute atomic E-state index is 0.798. The molecule has 2 rings (SSSR count). The van der Waals surface area contributed by atoms with Gasteiger partial charge in [-0.1, -0.05) is 6.92 Å². The number of fused-ring (bicyclic) bond motifs is 1. The topological polar surface area (TPSA) is 29.9 Å². The van der Waals surface area contributed by atoms with Crippen LogP contribution in [0.3, 0.4) is 0 Å². The summed E-state index contributed by atoms with van der Waals surface area (Å²) < 4.78 is 2.40. The number of nitrogens with one attached hydrogen (secondary N) is 1. The number of rotatable bonds is 2. The molecule has 0 aliphatic carbocycles. The minimum Gasteiger partial charge on any atom is -0.330 e. The van der Waals surface area contributed by atoms with Crippen LogP contribution in [0.1, 0.15) is 30.6 Å². The summed E-state index contributed by atoms with van der Waals surface area (Å²) >= 11 is 0. The van der Waals surface area contributed by atoms with Gasteiger partial charge in [-0.05, 0) is 32.7 Å². The molecule has 1 N–H and O–H groups in total. The fourth-order valence-corrected chi connectivity index (χ4v) is 2.28. The van der Waals surface area contributed by atoms with Crippen molar-refractivity contribution >= 4 is 0 Å². The molecule has 0 aromatic carbocycles. The average Bonchev–Trinajstić information content (AvgIpc) is 2.44. The van der Waals surface area contributed by atoms with Gasteiger partial charge in [0, 0.05) is 12.2 Å². The number of nitrogens with zero attached hydrogens (tertiary/aromatic N) is 2. The van der Waals surface area contributed by atoms with Gasteiger partial charge in [-0.3, -0.25) is 0 Å². The fourth-order valence-electron chi connectivity index (χ4n) is 2.28. The fraction of sp³-hybridized carbons (Fsp3) is 0.727. The molecule has 1 aliphatic rings. The molecular weight excluding hydrogens is 174 g/mol. The van der Waals surface area contributed by atoms with E-state index in [1.165, 1.54) is 30.1 Å². The molecule has 0 saturated heterocycles. The van der Waals surface area contributed by atoms with E-state index in [1.54, 1.807) is 0 Å². The molecule has 0 bridgehead atoms. The van der Waals surface area contributed by atoms with E-state index >= 15 is 0 Å². The van der Waals surface area contributed by atoms with Crippen LogP contribution in [0.15, 0.2) is 0 Å². The van der Waals surface area contributed by atoms with Gasteiger partial charge in [0.15, 0.2) is 0 Å². The smallest absolute Gasteiger partial charge is 0.123 e. The quantitative estimate of drug-likeness (QED) is 0.771. The molecule has 0 fully saturated rings. The lowest BCUT2D eigenvalue weighted by Crippen LogP contribution is -2.21. The van der Waals surface area contributed by atoms with Crippen molar-refractivity contribution in [3.63, 3.8) is 0 Å². The summed E-state index contributed by atoms with van der Waals surface area (Å²) in [5.41, 5.74) is 2.68. The summed E-state index contributed by atoms with van der Waals surface area (Å²) in [6, 6.07) is 0. The van der Waals surface area contributed by atoms with Crippen LogP contribution < -0.4 is 5.32 Å². The van der Waals surface area contributed by atoms with Crippen LogP contribution in [-0.2, 0) is 19.5 Å². The van der Waals surface area contributed by atoms with Crippen LogP contribution in [0.4, 0.5) is 0 Å². The molecule has 0 spiro atoms. The van der Waals surface area contributed by atoms with Crippen LogP contribution >= 0.6 is 0 Å². The van der Waals surface area contributed by atoms with Crippen LogP contribution in [0.2, 0.25) is 0 Å². The lowest BCUT2D eigenvalue weighted by molar-refractivity contribution is 0.388. The van der Waals surface area contributed by atoms with Crippen LogP contribution in [0.25, 0.3) is 0 Å². The predicted molar refractivity (Wildman–Crippen MR) is 57.2 cm³/mol. The third-order valence-electron chi connectivity index (χ3n) is 3.05. The monoisotopic (exact) mass is 193 g/mol. The molecule has 1 aromatic heterocycles. The largest absolute Gasteiger partial charge is 0.330 e. The van der Waals surface area contributed by atoms with Crippen molar-refractivity contribution in [1.82, 2.24) is 14.9 Å². The van der Waals surface area contributed by atoms with Gasteiger partial charge in [0.25, 0.3) is 0 Å². The first-order valence-corrected chi connectivity index (χ1v) is 5.42. The Morgan fingerprint density at radius 3 is 3.07 bits per heavy atom. The summed E-state index contributed by atoms with van der Waals surface area (Å²) in [7, 11) is 1.98. The van der Waals surface area contributed by atoms with Gasteiger partial charge in [0.1, 0.15) is 5.82 Å². The maximum absolute atomic E-state index is 4.62. The highest BCUT2D eigenvalue weighted by molar-refractivity contribution is 5.18. The van der Waals surface area contributed by atoms with Crippen LogP contribution in [-0.4, -0.2) is 16.6 Å². The zero-order chi connectivity index (χ0) is 10.1. The van der Waals surface area contributed by atoms with Gasteiger partial charge in [-0.25, -0.2) is 4.98 Å². The Hall–Kier alpha value is -0.830. The van der Waals surface area contributed by atoms with Crippen molar-refractivity contribution in [3.05, 3.63) is 17.2 Å². The van der Waals surface area contributed by atoms with Gasteiger partial charge in [-0.15, -0.1) is 0 Å². The summed E-state index contributed by atoms with van der Waals surface area (Å²) in [5, 5.41) is 3.18. The molecule has 0 amide bonds. The first kappa shape index (κ1) is 9.71. The van der Waals surface area contributed by atoms with Gasteiger partial charge in [0.05, 0.1) is 12.2 Å². The number of aryl methyl sites for hydroxylation is 1. The molecule has 3 nitrogen and oxygen atoms in total. The maximum Gasteiger partial charge on any atom is 0.123 e. The van der Waals surface area contributed by atoms with E-state index in [4.69, 9.17) is 0 Å². The summed E-state index contributed by atoms with van der Waals surface area (Å²) in [6.45, 7) is 6.48. The van der Waals surface area contributed by atoms with Gasteiger partial charge < -0.3 is 9.88 Å². The van der Waals surface area contributed by atoms with E-state index in [0.29, 0.717) is 0 Å². The molecule has 1 aromatic rings. The molecule has 2 heterocycles. The van der Waals surface area contributed by atoms with Crippen molar-refractivity contribution in [3.8, 4) is 0 Å². The Bertz CT molecular complexity index is 328.